The molecular formula is C16H21ClN2O2S. The number of carbonyl (C=O) groups excluding carboxylic acids is 2. The largest absolute Gasteiger partial charge is 0.369 e. The molecule has 4 nitrogen and oxygen atoms in total. The van der Waals surface area contributed by atoms with Crippen LogP contribution >= 0.6 is 23.4 Å². The molecular weight excluding hydrogens is 320 g/mol. The van der Waals surface area contributed by atoms with Gasteiger partial charge in [-0.2, -0.15) is 0 Å². The zero-order valence-corrected chi connectivity index (χ0v) is 14.2. The first-order valence-corrected chi connectivity index (χ1v) is 8.84. The number of nitrogens with zero attached hydrogens (tertiary/aromatic N) is 1. The van der Waals surface area contributed by atoms with Crippen LogP contribution < -0.4 is 5.73 Å². The third-order valence-corrected chi connectivity index (χ3v) is 5.31. The molecule has 1 heterocycles. The SMILES string of the molecule is C[C@H](SCc1cccc(Cl)c1)C(=O)N1CCC[C@H](C(N)=O)C1. The molecule has 2 atom stereocenters. The minimum absolute atomic E-state index is 0.0815. The van der Waals surface area contributed by atoms with Gasteiger partial charge in [0.15, 0.2) is 0 Å². The van der Waals surface area contributed by atoms with E-state index in [9.17, 15) is 9.59 Å². The van der Waals surface area contributed by atoms with E-state index < -0.39 is 0 Å². The molecule has 2 amide bonds. The average molecular weight is 341 g/mol. The van der Waals surface area contributed by atoms with Crippen molar-refractivity contribution in [3.8, 4) is 0 Å². The highest BCUT2D eigenvalue weighted by molar-refractivity contribution is 7.99. The number of likely N-dealkylation sites (tertiary alicyclic amines) is 1. The first-order chi connectivity index (χ1) is 10.5. The summed E-state index contributed by atoms with van der Waals surface area (Å²) in [6.07, 6.45) is 1.62. The van der Waals surface area contributed by atoms with Gasteiger partial charge in [-0.1, -0.05) is 23.7 Å². The lowest BCUT2D eigenvalue weighted by atomic mass is 9.97. The van der Waals surface area contributed by atoms with E-state index >= 15 is 0 Å². The number of primary amides is 1. The van der Waals surface area contributed by atoms with Crippen molar-refractivity contribution in [3.05, 3.63) is 34.9 Å². The van der Waals surface area contributed by atoms with Gasteiger partial charge in [0.05, 0.1) is 11.2 Å². The highest BCUT2D eigenvalue weighted by Crippen LogP contribution is 2.24. The minimum Gasteiger partial charge on any atom is -0.369 e. The Labute approximate surface area is 140 Å². The lowest BCUT2D eigenvalue weighted by Crippen LogP contribution is -2.46. The van der Waals surface area contributed by atoms with Crippen molar-refractivity contribution in [2.45, 2.75) is 30.8 Å². The molecule has 0 aliphatic carbocycles. The van der Waals surface area contributed by atoms with Crippen molar-refractivity contribution in [2.24, 2.45) is 11.7 Å². The van der Waals surface area contributed by atoms with Crippen LogP contribution in [0.25, 0.3) is 0 Å². The predicted molar refractivity (Wildman–Crippen MR) is 90.7 cm³/mol. The number of nitrogens with two attached hydrogens (primary N) is 1. The summed E-state index contributed by atoms with van der Waals surface area (Å²) in [5.74, 6) is 0.304. The lowest BCUT2D eigenvalue weighted by Gasteiger charge is -2.32. The number of halogens is 1. The Kier molecular flexibility index (Phi) is 6.15. The van der Waals surface area contributed by atoms with Gasteiger partial charge in [-0.25, -0.2) is 0 Å². The molecule has 2 rings (SSSR count). The smallest absolute Gasteiger partial charge is 0.235 e. The van der Waals surface area contributed by atoms with Crippen LogP contribution in [0.4, 0.5) is 0 Å². The fourth-order valence-electron chi connectivity index (χ4n) is 2.59. The molecule has 6 heteroatoms. The van der Waals surface area contributed by atoms with Gasteiger partial charge in [0.25, 0.3) is 0 Å². The lowest BCUT2D eigenvalue weighted by molar-refractivity contribution is -0.134. The molecule has 1 aliphatic heterocycles. The summed E-state index contributed by atoms with van der Waals surface area (Å²) in [6.45, 7) is 3.08. The highest BCUT2D eigenvalue weighted by atomic mass is 35.5. The van der Waals surface area contributed by atoms with E-state index in [0.717, 1.165) is 24.2 Å². The molecule has 0 aromatic heterocycles. The van der Waals surface area contributed by atoms with Crippen LogP contribution in [0, 0.1) is 5.92 Å². The summed E-state index contributed by atoms with van der Waals surface area (Å²) in [4.78, 5) is 25.6. The van der Waals surface area contributed by atoms with Crippen LogP contribution in [-0.4, -0.2) is 35.1 Å². The monoisotopic (exact) mass is 340 g/mol. The second kappa shape index (κ2) is 7.88. The Morgan fingerprint density at radius 2 is 2.27 bits per heavy atom. The quantitative estimate of drug-likeness (QED) is 0.896. The third kappa shape index (κ3) is 4.65. The fourth-order valence-corrected chi connectivity index (χ4v) is 3.71. The number of hydrogen-bond donors (Lipinski definition) is 1. The van der Waals surface area contributed by atoms with Crippen molar-refractivity contribution in [3.63, 3.8) is 0 Å². The Balaban J connectivity index is 1.87. The van der Waals surface area contributed by atoms with E-state index in [4.69, 9.17) is 17.3 Å². The van der Waals surface area contributed by atoms with E-state index in [1.54, 1.807) is 16.7 Å². The van der Waals surface area contributed by atoms with Crippen LogP contribution in [0.1, 0.15) is 25.3 Å². The Morgan fingerprint density at radius 3 is 2.95 bits per heavy atom. The Hall–Kier alpha value is -1.20. The van der Waals surface area contributed by atoms with E-state index in [2.05, 4.69) is 0 Å². The van der Waals surface area contributed by atoms with Gasteiger partial charge < -0.3 is 10.6 Å². The van der Waals surface area contributed by atoms with Gasteiger partial charge in [0.2, 0.25) is 11.8 Å². The summed E-state index contributed by atoms with van der Waals surface area (Å²) in [7, 11) is 0. The average Bonchev–Trinajstić information content (AvgIpc) is 2.52. The van der Waals surface area contributed by atoms with Crippen LogP contribution in [0.2, 0.25) is 5.02 Å². The fraction of sp³-hybridized carbons (Fsp3) is 0.500. The maximum absolute atomic E-state index is 12.5. The normalized spacial score (nSPS) is 19.7. The second-order valence-electron chi connectivity index (χ2n) is 5.61. The van der Waals surface area contributed by atoms with Crippen LogP contribution in [0.5, 0.6) is 0 Å². The van der Waals surface area contributed by atoms with Gasteiger partial charge in [0.1, 0.15) is 0 Å². The van der Waals surface area contributed by atoms with Crippen LogP contribution in [-0.2, 0) is 15.3 Å². The van der Waals surface area contributed by atoms with Gasteiger partial charge in [0, 0.05) is 23.9 Å². The van der Waals surface area contributed by atoms with E-state index in [1.165, 1.54) is 0 Å². The molecule has 1 fully saturated rings. The van der Waals surface area contributed by atoms with Gasteiger partial charge in [-0.3, -0.25) is 9.59 Å². The topological polar surface area (TPSA) is 63.4 Å². The van der Waals surface area contributed by atoms with Gasteiger partial charge in [-0.15, -0.1) is 11.8 Å². The maximum atomic E-state index is 12.5. The van der Waals surface area contributed by atoms with E-state index in [-0.39, 0.29) is 23.0 Å². The first-order valence-electron chi connectivity index (χ1n) is 7.41. The maximum Gasteiger partial charge on any atom is 0.235 e. The molecule has 0 bridgehead atoms. The summed E-state index contributed by atoms with van der Waals surface area (Å²) >= 11 is 7.55. The second-order valence-corrected chi connectivity index (χ2v) is 7.37. The number of piperidine rings is 1. The van der Waals surface area contributed by atoms with Crippen molar-refractivity contribution >= 4 is 35.2 Å². The molecule has 0 radical (unpaired) electrons. The van der Waals surface area contributed by atoms with Crippen molar-refractivity contribution < 1.29 is 9.59 Å². The first kappa shape index (κ1) is 17.2. The molecule has 2 N–H and O–H groups in total. The molecule has 0 saturated carbocycles. The number of benzene rings is 1. The summed E-state index contributed by atoms with van der Waals surface area (Å²) in [5.41, 5.74) is 6.46. The Morgan fingerprint density at radius 1 is 1.50 bits per heavy atom. The van der Waals surface area contributed by atoms with Crippen LogP contribution in [0.15, 0.2) is 24.3 Å². The summed E-state index contributed by atoms with van der Waals surface area (Å²) in [6, 6.07) is 7.66. The van der Waals surface area contributed by atoms with Crippen LogP contribution in [0.3, 0.4) is 0 Å². The molecule has 0 unspecified atom stereocenters. The molecule has 1 aliphatic rings. The molecule has 1 saturated heterocycles. The molecule has 22 heavy (non-hydrogen) atoms. The summed E-state index contributed by atoms with van der Waals surface area (Å²) in [5, 5.41) is 0.558. The number of thioether (sulfide) groups is 1. The molecule has 1 aromatic rings. The zero-order chi connectivity index (χ0) is 16.1. The number of hydrogen-bond acceptors (Lipinski definition) is 3. The van der Waals surface area contributed by atoms with Crippen molar-refractivity contribution in [2.75, 3.05) is 13.1 Å². The van der Waals surface area contributed by atoms with Gasteiger partial charge >= 0.3 is 0 Å². The Bertz CT molecular complexity index is 553. The number of carbonyl (C=O) groups is 2. The van der Waals surface area contributed by atoms with Crippen molar-refractivity contribution in [1.29, 1.82) is 0 Å². The van der Waals surface area contributed by atoms with E-state index in [1.807, 2.05) is 31.2 Å². The standard InChI is InChI=1S/C16H21ClN2O2S/c1-11(22-10-12-4-2-6-14(17)8-12)16(21)19-7-3-5-13(9-19)15(18)20/h2,4,6,8,11,13H,3,5,7,9-10H2,1H3,(H2,18,20)/t11-,13-/m0/s1. The molecule has 1 aromatic carbocycles. The molecule has 120 valence electrons. The highest BCUT2D eigenvalue weighted by Gasteiger charge is 2.29. The zero-order valence-electron chi connectivity index (χ0n) is 12.6. The van der Waals surface area contributed by atoms with Crippen molar-refractivity contribution in [1.82, 2.24) is 4.90 Å². The van der Waals surface area contributed by atoms with E-state index in [0.29, 0.717) is 18.1 Å². The molecule has 0 spiro atoms. The predicted octanol–water partition coefficient (Wildman–Crippen LogP) is 2.69. The van der Waals surface area contributed by atoms with Gasteiger partial charge in [-0.05, 0) is 37.5 Å². The number of rotatable bonds is 5. The third-order valence-electron chi connectivity index (χ3n) is 3.87. The minimum atomic E-state index is -0.309. The summed E-state index contributed by atoms with van der Waals surface area (Å²) < 4.78 is 0. The number of amides is 2.